The summed E-state index contributed by atoms with van der Waals surface area (Å²) in [6, 6.07) is 7.57. The predicted octanol–water partition coefficient (Wildman–Crippen LogP) is 1.81. The fourth-order valence-electron chi connectivity index (χ4n) is 2.28. The van der Waals surface area contributed by atoms with Gasteiger partial charge in [-0.05, 0) is 18.6 Å². The summed E-state index contributed by atoms with van der Waals surface area (Å²) in [5, 5.41) is 0.909. The maximum absolute atomic E-state index is 12.7. The SMILES string of the molecule is COc1cccc(P2(=O)CC[C@H]3O[C@H]32)c1. The van der Waals surface area contributed by atoms with E-state index in [2.05, 4.69) is 0 Å². The van der Waals surface area contributed by atoms with E-state index in [-0.39, 0.29) is 11.9 Å². The van der Waals surface area contributed by atoms with Crippen molar-refractivity contribution in [3.05, 3.63) is 24.3 Å². The lowest BCUT2D eigenvalue weighted by Gasteiger charge is -2.13. The molecule has 0 aliphatic carbocycles. The van der Waals surface area contributed by atoms with Crippen LogP contribution in [0, 0.1) is 0 Å². The Hall–Kier alpha value is -0.790. The fourth-order valence-corrected chi connectivity index (χ4v) is 5.45. The van der Waals surface area contributed by atoms with Crippen molar-refractivity contribution in [1.82, 2.24) is 0 Å². The lowest BCUT2D eigenvalue weighted by Crippen LogP contribution is -2.09. The smallest absolute Gasteiger partial charge is 0.145 e. The Labute approximate surface area is 88.8 Å². The fraction of sp³-hybridized carbons (Fsp3) is 0.455. The second-order valence-electron chi connectivity index (χ2n) is 4.07. The number of epoxide rings is 1. The summed E-state index contributed by atoms with van der Waals surface area (Å²) in [6.07, 6.45) is 2.00. The van der Waals surface area contributed by atoms with E-state index in [1.807, 2.05) is 24.3 Å². The molecule has 2 aliphatic rings. The van der Waals surface area contributed by atoms with Crippen LogP contribution in [0.3, 0.4) is 0 Å². The van der Waals surface area contributed by atoms with Crippen LogP contribution in [0.1, 0.15) is 6.42 Å². The predicted molar refractivity (Wildman–Crippen MR) is 58.4 cm³/mol. The van der Waals surface area contributed by atoms with Gasteiger partial charge in [0, 0.05) is 11.5 Å². The van der Waals surface area contributed by atoms with Crippen LogP contribution in [0.2, 0.25) is 0 Å². The van der Waals surface area contributed by atoms with Crippen molar-refractivity contribution in [1.29, 1.82) is 0 Å². The highest BCUT2D eigenvalue weighted by molar-refractivity contribution is 7.72. The Morgan fingerprint density at radius 3 is 3.00 bits per heavy atom. The normalized spacial score (nSPS) is 37.4. The number of fused-ring (bicyclic) bond motifs is 1. The zero-order chi connectivity index (χ0) is 10.5. The molecule has 3 rings (SSSR count). The van der Waals surface area contributed by atoms with Gasteiger partial charge in [-0.15, -0.1) is 0 Å². The standard InChI is InChI=1S/C11H13O3P/c1-13-8-3-2-4-9(7-8)15(12)6-5-10-11(15)14-10/h2-4,7,10-11H,5-6H2,1H3/t10-,11+,15?/m1/s1. The molecule has 80 valence electrons. The Morgan fingerprint density at radius 1 is 1.53 bits per heavy atom. The molecule has 3 nitrogen and oxygen atoms in total. The maximum atomic E-state index is 12.7. The molecule has 15 heavy (non-hydrogen) atoms. The van der Waals surface area contributed by atoms with E-state index in [4.69, 9.17) is 9.47 Å². The van der Waals surface area contributed by atoms with E-state index >= 15 is 0 Å². The number of benzene rings is 1. The summed E-state index contributed by atoms with van der Waals surface area (Å²) < 4.78 is 23.2. The van der Waals surface area contributed by atoms with Crippen LogP contribution in [0.25, 0.3) is 0 Å². The number of ether oxygens (including phenoxy) is 2. The van der Waals surface area contributed by atoms with E-state index in [9.17, 15) is 4.57 Å². The molecule has 0 amide bonds. The van der Waals surface area contributed by atoms with Crippen LogP contribution < -0.4 is 10.0 Å². The van der Waals surface area contributed by atoms with Crippen molar-refractivity contribution in [2.24, 2.45) is 0 Å². The Balaban J connectivity index is 2.01. The van der Waals surface area contributed by atoms with E-state index in [0.29, 0.717) is 0 Å². The molecule has 2 saturated heterocycles. The quantitative estimate of drug-likeness (QED) is 0.568. The van der Waals surface area contributed by atoms with Gasteiger partial charge in [0.25, 0.3) is 0 Å². The summed E-state index contributed by atoms with van der Waals surface area (Å²) in [6.45, 7) is 0. The van der Waals surface area contributed by atoms with Crippen LogP contribution in [0.15, 0.2) is 24.3 Å². The number of hydrogen-bond donors (Lipinski definition) is 0. The first kappa shape index (κ1) is 9.44. The van der Waals surface area contributed by atoms with E-state index < -0.39 is 7.14 Å². The van der Waals surface area contributed by atoms with Crippen molar-refractivity contribution in [3.63, 3.8) is 0 Å². The molecule has 0 N–H and O–H groups in total. The van der Waals surface area contributed by atoms with E-state index in [0.717, 1.165) is 23.6 Å². The average Bonchev–Trinajstić information content (AvgIpc) is 3.00. The molecule has 2 aliphatic heterocycles. The third-order valence-corrected chi connectivity index (χ3v) is 6.55. The molecule has 0 bridgehead atoms. The van der Waals surface area contributed by atoms with Crippen LogP contribution in [0.4, 0.5) is 0 Å². The molecule has 2 fully saturated rings. The molecule has 3 atom stereocenters. The van der Waals surface area contributed by atoms with Crippen LogP contribution >= 0.6 is 7.14 Å². The molecule has 4 heteroatoms. The lowest BCUT2D eigenvalue weighted by atomic mass is 10.3. The molecule has 2 heterocycles. The van der Waals surface area contributed by atoms with Gasteiger partial charge in [-0.1, -0.05) is 12.1 Å². The van der Waals surface area contributed by atoms with Crippen molar-refractivity contribution < 1.29 is 14.0 Å². The third kappa shape index (κ3) is 1.34. The van der Waals surface area contributed by atoms with Crippen molar-refractivity contribution in [2.75, 3.05) is 13.3 Å². The average molecular weight is 224 g/mol. The Kier molecular flexibility index (Phi) is 1.95. The first-order valence-corrected chi connectivity index (χ1v) is 7.09. The highest BCUT2D eigenvalue weighted by atomic mass is 31.2. The van der Waals surface area contributed by atoms with E-state index in [1.54, 1.807) is 7.11 Å². The number of hydrogen-bond acceptors (Lipinski definition) is 3. The van der Waals surface area contributed by atoms with Crippen LogP contribution in [-0.4, -0.2) is 25.2 Å². The van der Waals surface area contributed by atoms with Gasteiger partial charge < -0.3 is 14.0 Å². The minimum Gasteiger partial charge on any atom is -0.497 e. The van der Waals surface area contributed by atoms with Crippen LogP contribution in [-0.2, 0) is 9.30 Å². The van der Waals surface area contributed by atoms with Gasteiger partial charge >= 0.3 is 0 Å². The molecule has 0 aromatic heterocycles. The molecular formula is C11H13O3P. The second kappa shape index (κ2) is 3.10. The molecule has 0 spiro atoms. The van der Waals surface area contributed by atoms with Crippen molar-refractivity contribution in [2.45, 2.75) is 18.4 Å². The van der Waals surface area contributed by atoms with Gasteiger partial charge in [-0.2, -0.15) is 0 Å². The van der Waals surface area contributed by atoms with Gasteiger partial charge in [0.1, 0.15) is 18.7 Å². The molecular weight excluding hydrogens is 211 g/mol. The highest BCUT2D eigenvalue weighted by Crippen LogP contribution is 2.65. The Bertz CT molecular complexity index is 443. The van der Waals surface area contributed by atoms with Gasteiger partial charge in [-0.25, -0.2) is 0 Å². The molecule has 1 aromatic carbocycles. The summed E-state index contributed by atoms with van der Waals surface area (Å²) in [4.78, 5) is 0. The zero-order valence-electron chi connectivity index (χ0n) is 8.55. The van der Waals surface area contributed by atoms with Gasteiger partial charge in [0.2, 0.25) is 0 Å². The molecule has 1 unspecified atom stereocenters. The summed E-state index contributed by atoms with van der Waals surface area (Å²) in [5.41, 5.74) is 0. The summed E-state index contributed by atoms with van der Waals surface area (Å²) in [7, 11) is -0.657. The van der Waals surface area contributed by atoms with Gasteiger partial charge in [0.15, 0.2) is 0 Å². The zero-order valence-corrected chi connectivity index (χ0v) is 9.44. The maximum Gasteiger partial charge on any atom is 0.145 e. The first-order valence-electron chi connectivity index (χ1n) is 5.13. The van der Waals surface area contributed by atoms with Gasteiger partial charge in [-0.3, -0.25) is 0 Å². The summed E-state index contributed by atoms with van der Waals surface area (Å²) in [5.74, 6) is 0.774. The van der Waals surface area contributed by atoms with Crippen molar-refractivity contribution >= 4 is 12.4 Å². The second-order valence-corrected chi connectivity index (χ2v) is 7.14. The minimum atomic E-state index is -2.28. The number of methoxy groups -OCH3 is 1. The Morgan fingerprint density at radius 2 is 2.40 bits per heavy atom. The van der Waals surface area contributed by atoms with E-state index in [1.165, 1.54) is 0 Å². The van der Waals surface area contributed by atoms with Crippen LogP contribution in [0.5, 0.6) is 5.75 Å². The van der Waals surface area contributed by atoms with Crippen molar-refractivity contribution in [3.8, 4) is 5.75 Å². The summed E-state index contributed by atoms with van der Waals surface area (Å²) >= 11 is 0. The highest BCUT2D eigenvalue weighted by Gasteiger charge is 2.58. The largest absolute Gasteiger partial charge is 0.497 e. The first-order chi connectivity index (χ1) is 7.24. The molecule has 0 saturated carbocycles. The molecule has 1 aromatic rings. The lowest BCUT2D eigenvalue weighted by molar-refractivity contribution is 0.380. The monoisotopic (exact) mass is 224 g/mol. The molecule has 0 radical (unpaired) electrons. The minimum absolute atomic E-state index is 0.00426. The topological polar surface area (TPSA) is 38.8 Å². The third-order valence-electron chi connectivity index (χ3n) is 3.20. The number of rotatable bonds is 2. The van der Waals surface area contributed by atoms with Gasteiger partial charge in [0.05, 0.1) is 13.2 Å².